The Morgan fingerprint density at radius 1 is 1.03 bits per heavy atom. The SMILES string of the molecule is CCOC(=O)c1ccc(-c2ccc(/C=C(/C#N)C(=O)Nc3ccccc3OCC)o2)cc1. The van der Waals surface area contributed by atoms with E-state index in [0.29, 0.717) is 41.7 Å². The lowest BCUT2D eigenvalue weighted by molar-refractivity contribution is -0.112. The fraction of sp³-hybridized carbons (Fsp3) is 0.160. The van der Waals surface area contributed by atoms with Gasteiger partial charge < -0.3 is 19.2 Å². The van der Waals surface area contributed by atoms with Crippen LogP contribution in [0.5, 0.6) is 5.75 Å². The minimum atomic E-state index is -0.573. The molecule has 0 aliphatic carbocycles. The summed E-state index contributed by atoms with van der Waals surface area (Å²) in [5.41, 5.74) is 1.54. The van der Waals surface area contributed by atoms with Gasteiger partial charge in [0.2, 0.25) is 0 Å². The highest BCUT2D eigenvalue weighted by molar-refractivity contribution is 6.10. The number of furan rings is 1. The van der Waals surface area contributed by atoms with Gasteiger partial charge in [-0.05, 0) is 50.2 Å². The topological polar surface area (TPSA) is 102 Å². The highest BCUT2D eigenvalue weighted by Gasteiger charge is 2.14. The number of amides is 1. The molecule has 0 spiro atoms. The Hall–Kier alpha value is -4.31. The lowest BCUT2D eigenvalue weighted by atomic mass is 10.1. The summed E-state index contributed by atoms with van der Waals surface area (Å²) in [6.45, 7) is 4.35. The fourth-order valence-electron chi connectivity index (χ4n) is 2.90. The molecule has 1 aromatic heterocycles. The zero-order valence-electron chi connectivity index (χ0n) is 17.8. The van der Waals surface area contributed by atoms with Gasteiger partial charge in [-0.1, -0.05) is 24.3 Å². The quantitative estimate of drug-likeness (QED) is 0.304. The Kier molecular flexibility index (Phi) is 7.44. The minimum Gasteiger partial charge on any atom is -0.492 e. The van der Waals surface area contributed by atoms with Gasteiger partial charge >= 0.3 is 5.97 Å². The first-order valence-corrected chi connectivity index (χ1v) is 10.1. The Morgan fingerprint density at radius 3 is 2.47 bits per heavy atom. The van der Waals surface area contributed by atoms with Gasteiger partial charge in [0.05, 0.1) is 24.5 Å². The number of esters is 1. The van der Waals surface area contributed by atoms with E-state index in [0.717, 1.165) is 5.56 Å². The normalized spacial score (nSPS) is 10.8. The molecule has 3 aromatic rings. The summed E-state index contributed by atoms with van der Waals surface area (Å²) in [5, 5.41) is 12.2. The van der Waals surface area contributed by atoms with Crippen molar-refractivity contribution in [2.75, 3.05) is 18.5 Å². The second-order valence-corrected chi connectivity index (χ2v) is 6.55. The maximum Gasteiger partial charge on any atom is 0.338 e. The monoisotopic (exact) mass is 430 g/mol. The number of rotatable bonds is 8. The van der Waals surface area contributed by atoms with Crippen LogP contribution in [0, 0.1) is 11.3 Å². The van der Waals surface area contributed by atoms with Gasteiger partial charge in [0.25, 0.3) is 5.91 Å². The largest absolute Gasteiger partial charge is 0.492 e. The third-order valence-electron chi connectivity index (χ3n) is 4.39. The van der Waals surface area contributed by atoms with Crippen molar-refractivity contribution in [3.05, 3.63) is 77.6 Å². The molecule has 7 heteroatoms. The van der Waals surface area contributed by atoms with Gasteiger partial charge in [0, 0.05) is 11.6 Å². The number of benzene rings is 2. The number of para-hydroxylation sites is 2. The molecule has 0 radical (unpaired) electrons. The summed E-state index contributed by atoms with van der Waals surface area (Å²) in [6, 6.07) is 19.1. The van der Waals surface area contributed by atoms with Crippen molar-refractivity contribution < 1.29 is 23.5 Å². The molecule has 7 nitrogen and oxygen atoms in total. The number of hydrogen-bond acceptors (Lipinski definition) is 6. The van der Waals surface area contributed by atoms with Crippen LogP contribution in [0.15, 0.2) is 70.7 Å². The molecule has 0 fully saturated rings. The molecule has 3 rings (SSSR count). The summed E-state index contributed by atoms with van der Waals surface area (Å²) in [4.78, 5) is 24.4. The van der Waals surface area contributed by atoms with E-state index in [1.807, 2.05) is 13.0 Å². The van der Waals surface area contributed by atoms with E-state index in [9.17, 15) is 14.9 Å². The number of carbonyl (C=O) groups excluding carboxylic acids is 2. The van der Waals surface area contributed by atoms with E-state index in [-0.39, 0.29) is 5.57 Å². The van der Waals surface area contributed by atoms with Crippen molar-refractivity contribution in [1.29, 1.82) is 5.26 Å². The Balaban J connectivity index is 1.76. The number of hydrogen-bond donors (Lipinski definition) is 1. The maximum atomic E-state index is 12.6. The number of nitrogens with one attached hydrogen (secondary N) is 1. The standard InChI is InChI=1S/C25H22N2O5/c1-3-30-23-8-6-5-7-21(23)27-24(28)19(16-26)15-20-13-14-22(32-20)17-9-11-18(12-10-17)25(29)31-4-2/h5-15H,3-4H2,1-2H3,(H,27,28)/b19-15-. The van der Waals surface area contributed by atoms with Crippen molar-refractivity contribution in [3.8, 4) is 23.1 Å². The molecule has 0 unspecified atom stereocenters. The second-order valence-electron chi connectivity index (χ2n) is 6.55. The van der Waals surface area contributed by atoms with Gasteiger partial charge in [-0.3, -0.25) is 4.79 Å². The summed E-state index contributed by atoms with van der Waals surface area (Å²) in [6.07, 6.45) is 1.37. The first kappa shape index (κ1) is 22.4. The van der Waals surface area contributed by atoms with Gasteiger partial charge in [-0.15, -0.1) is 0 Å². The highest BCUT2D eigenvalue weighted by atomic mass is 16.5. The fourth-order valence-corrected chi connectivity index (χ4v) is 2.90. The molecule has 2 aromatic carbocycles. The molecule has 0 atom stereocenters. The summed E-state index contributed by atoms with van der Waals surface area (Å²) >= 11 is 0. The smallest absolute Gasteiger partial charge is 0.338 e. The van der Waals surface area contributed by atoms with E-state index >= 15 is 0 Å². The molecule has 1 N–H and O–H groups in total. The van der Waals surface area contributed by atoms with Gasteiger partial charge in [-0.25, -0.2) is 4.79 Å². The molecule has 0 aliphatic heterocycles. The summed E-state index contributed by atoms with van der Waals surface area (Å²) in [5.74, 6) is 0.437. The molecule has 0 saturated heterocycles. The third-order valence-corrected chi connectivity index (χ3v) is 4.39. The lowest BCUT2D eigenvalue weighted by Gasteiger charge is -2.10. The van der Waals surface area contributed by atoms with E-state index in [4.69, 9.17) is 13.9 Å². The Bertz CT molecular complexity index is 1170. The predicted molar refractivity (Wildman–Crippen MR) is 120 cm³/mol. The van der Waals surface area contributed by atoms with E-state index in [2.05, 4.69) is 5.32 Å². The van der Waals surface area contributed by atoms with Crippen LogP contribution in [0.25, 0.3) is 17.4 Å². The van der Waals surface area contributed by atoms with Crippen molar-refractivity contribution in [1.82, 2.24) is 0 Å². The van der Waals surface area contributed by atoms with Crippen LogP contribution in [0.4, 0.5) is 5.69 Å². The van der Waals surface area contributed by atoms with Crippen LogP contribution in [-0.4, -0.2) is 25.1 Å². The minimum absolute atomic E-state index is 0.116. The average molecular weight is 430 g/mol. The van der Waals surface area contributed by atoms with Crippen molar-refractivity contribution in [3.63, 3.8) is 0 Å². The molecule has 32 heavy (non-hydrogen) atoms. The summed E-state index contributed by atoms with van der Waals surface area (Å²) in [7, 11) is 0. The van der Waals surface area contributed by atoms with Crippen LogP contribution in [0.2, 0.25) is 0 Å². The predicted octanol–water partition coefficient (Wildman–Crippen LogP) is 5.07. The van der Waals surface area contributed by atoms with Gasteiger partial charge in [-0.2, -0.15) is 5.26 Å². The van der Waals surface area contributed by atoms with Gasteiger partial charge in [0.15, 0.2) is 0 Å². The van der Waals surface area contributed by atoms with E-state index < -0.39 is 11.9 Å². The first-order valence-electron chi connectivity index (χ1n) is 10.1. The number of anilines is 1. The molecular formula is C25H22N2O5. The van der Waals surface area contributed by atoms with Crippen LogP contribution >= 0.6 is 0 Å². The van der Waals surface area contributed by atoms with Crippen LogP contribution < -0.4 is 10.1 Å². The molecule has 1 heterocycles. The highest BCUT2D eigenvalue weighted by Crippen LogP contribution is 2.26. The molecule has 0 aliphatic rings. The zero-order valence-corrected chi connectivity index (χ0v) is 17.8. The molecule has 1 amide bonds. The van der Waals surface area contributed by atoms with Crippen molar-refractivity contribution >= 4 is 23.6 Å². The van der Waals surface area contributed by atoms with Crippen molar-refractivity contribution in [2.45, 2.75) is 13.8 Å². The number of ether oxygens (including phenoxy) is 2. The molecular weight excluding hydrogens is 408 g/mol. The number of nitriles is 1. The Labute approximate surface area is 185 Å². The third kappa shape index (κ3) is 5.43. The van der Waals surface area contributed by atoms with E-state index in [1.54, 1.807) is 67.6 Å². The maximum absolute atomic E-state index is 12.6. The molecule has 0 saturated carbocycles. The number of carbonyl (C=O) groups is 2. The van der Waals surface area contributed by atoms with Crippen LogP contribution in [-0.2, 0) is 9.53 Å². The van der Waals surface area contributed by atoms with Crippen molar-refractivity contribution in [2.24, 2.45) is 0 Å². The lowest BCUT2D eigenvalue weighted by Crippen LogP contribution is -2.14. The van der Waals surface area contributed by atoms with Crippen LogP contribution in [0.3, 0.4) is 0 Å². The zero-order chi connectivity index (χ0) is 22.9. The molecule has 162 valence electrons. The van der Waals surface area contributed by atoms with Crippen LogP contribution in [0.1, 0.15) is 30.0 Å². The second kappa shape index (κ2) is 10.6. The summed E-state index contributed by atoms with van der Waals surface area (Å²) < 4.78 is 16.2. The first-order chi connectivity index (χ1) is 15.5. The molecule has 0 bridgehead atoms. The number of nitrogens with zero attached hydrogens (tertiary/aromatic N) is 1. The van der Waals surface area contributed by atoms with E-state index in [1.165, 1.54) is 6.08 Å². The average Bonchev–Trinajstić information content (AvgIpc) is 3.28. The Morgan fingerprint density at radius 2 is 1.78 bits per heavy atom. The van der Waals surface area contributed by atoms with Gasteiger partial charge in [0.1, 0.15) is 28.9 Å².